The van der Waals surface area contributed by atoms with Gasteiger partial charge in [0.2, 0.25) is 0 Å². The van der Waals surface area contributed by atoms with Crippen LogP contribution >= 0.6 is 11.3 Å². The Morgan fingerprint density at radius 2 is 1.89 bits per heavy atom. The van der Waals surface area contributed by atoms with Crippen LogP contribution in [0, 0.1) is 0 Å². The molecule has 0 atom stereocenters. The fraction of sp³-hybridized carbons (Fsp3) is 0.0667. The average molecular weight is 266 g/mol. The topological polar surface area (TPSA) is 34.9 Å². The van der Waals surface area contributed by atoms with Crippen LogP contribution in [0.25, 0.3) is 21.8 Å². The Morgan fingerprint density at radius 1 is 1.11 bits per heavy atom. The first-order valence-electron chi connectivity index (χ1n) is 6.02. The van der Waals surface area contributed by atoms with Gasteiger partial charge in [-0.3, -0.25) is 9.48 Å². The third-order valence-corrected chi connectivity index (χ3v) is 4.33. The van der Waals surface area contributed by atoms with Crippen LogP contribution in [0.4, 0.5) is 0 Å². The minimum atomic E-state index is 0.0853. The first-order valence-corrected chi connectivity index (χ1v) is 6.90. The quantitative estimate of drug-likeness (QED) is 0.529. The second-order valence-electron chi connectivity index (χ2n) is 4.55. The van der Waals surface area contributed by atoms with Gasteiger partial charge < -0.3 is 0 Å². The molecule has 0 unspecified atom stereocenters. The zero-order chi connectivity index (χ0) is 13.0. The van der Waals surface area contributed by atoms with Gasteiger partial charge in [-0.2, -0.15) is 5.10 Å². The zero-order valence-corrected chi connectivity index (χ0v) is 11.1. The number of benzene rings is 1. The van der Waals surface area contributed by atoms with Crippen molar-refractivity contribution in [3.63, 3.8) is 0 Å². The number of nitrogens with zero attached hydrogens (tertiary/aromatic N) is 2. The summed E-state index contributed by atoms with van der Waals surface area (Å²) in [7, 11) is 1.89. The van der Waals surface area contributed by atoms with Crippen LogP contribution in [0.3, 0.4) is 0 Å². The number of aryl methyl sites for hydroxylation is 1. The zero-order valence-electron chi connectivity index (χ0n) is 10.3. The molecule has 0 saturated carbocycles. The van der Waals surface area contributed by atoms with Gasteiger partial charge in [0, 0.05) is 18.2 Å². The molecule has 3 aromatic rings. The Balaban J connectivity index is 2.06. The molecular formula is C15H10N2OS. The Morgan fingerprint density at radius 3 is 2.63 bits per heavy atom. The van der Waals surface area contributed by atoms with Crippen molar-refractivity contribution in [1.29, 1.82) is 0 Å². The lowest BCUT2D eigenvalue weighted by atomic mass is 10.1. The Bertz CT molecular complexity index is 800. The fourth-order valence-corrected chi connectivity index (χ4v) is 3.37. The van der Waals surface area contributed by atoms with E-state index >= 15 is 0 Å². The molecule has 4 heteroatoms. The van der Waals surface area contributed by atoms with Gasteiger partial charge in [-0.05, 0) is 11.4 Å². The molecule has 19 heavy (non-hydrogen) atoms. The van der Waals surface area contributed by atoms with Crippen LogP contribution in [0.2, 0.25) is 0 Å². The van der Waals surface area contributed by atoms with E-state index in [1.165, 1.54) is 0 Å². The van der Waals surface area contributed by atoms with E-state index in [1.54, 1.807) is 11.3 Å². The van der Waals surface area contributed by atoms with Crippen LogP contribution in [0.15, 0.2) is 41.8 Å². The van der Waals surface area contributed by atoms with Crippen LogP contribution in [-0.2, 0) is 7.05 Å². The molecule has 0 saturated heterocycles. The number of hydrogen-bond acceptors (Lipinski definition) is 3. The maximum Gasteiger partial charge on any atom is 0.198 e. The SMILES string of the molecule is Cn1nc(-c2cccs2)c2c1-c1ccccc1C2=O. The highest BCUT2D eigenvalue weighted by atomic mass is 32.1. The molecule has 2 heterocycles. The number of thiophene rings is 1. The molecule has 92 valence electrons. The first kappa shape index (κ1) is 10.7. The second-order valence-corrected chi connectivity index (χ2v) is 5.50. The maximum absolute atomic E-state index is 12.6. The van der Waals surface area contributed by atoms with Crippen molar-refractivity contribution in [3.05, 3.63) is 52.9 Å². The highest BCUT2D eigenvalue weighted by Crippen LogP contribution is 2.41. The van der Waals surface area contributed by atoms with Crippen molar-refractivity contribution in [3.8, 4) is 21.8 Å². The molecule has 0 fully saturated rings. The van der Waals surface area contributed by atoms with Crippen LogP contribution in [0.5, 0.6) is 0 Å². The van der Waals surface area contributed by atoms with E-state index in [-0.39, 0.29) is 5.78 Å². The number of rotatable bonds is 1. The van der Waals surface area contributed by atoms with E-state index in [9.17, 15) is 4.79 Å². The molecule has 1 aliphatic rings. The van der Waals surface area contributed by atoms with E-state index in [0.29, 0.717) is 0 Å². The molecule has 1 aliphatic carbocycles. The van der Waals surface area contributed by atoms with E-state index < -0.39 is 0 Å². The molecule has 3 nitrogen and oxygen atoms in total. The van der Waals surface area contributed by atoms with Crippen LogP contribution < -0.4 is 0 Å². The van der Waals surface area contributed by atoms with Gasteiger partial charge in [0.25, 0.3) is 0 Å². The molecule has 0 radical (unpaired) electrons. The molecule has 0 N–H and O–H groups in total. The van der Waals surface area contributed by atoms with Gasteiger partial charge >= 0.3 is 0 Å². The summed E-state index contributed by atoms with van der Waals surface area (Å²) in [5.41, 5.74) is 4.24. The number of fused-ring (bicyclic) bond motifs is 3. The molecule has 0 aliphatic heterocycles. The minimum absolute atomic E-state index is 0.0853. The van der Waals surface area contributed by atoms with Crippen molar-refractivity contribution >= 4 is 17.1 Å². The molecule has 0 bridgehead atoms. The summed E-state index contributed by atoms with van der Waals surface area (Å²) in [6.45, 7) is 0. The molecule has 1 aromatic carbocycles. The first-order chi connectivity index (χ1) is 9.27. The number of carbonyl (C=O) groups excluding carboxylic acids is 1. The standard InChI is InChI=1S/C15H10N2OS/c1-17-14-9-5-2-3-6-10(9)15(18)12(14)13(16-17)11-7-4-8-19-11/h2-8H,1H3. The highest BCUT2D eigenvalue weighted by molar-refractivity contribution is 7.13. The summed E-state index contributed by atoms with van der Waals surface area (Å²) in [6, 6.07) is 11.7. The maximum atomic E-state index is 12.6. The van der Waals surface area contributed by atoms with E-state index in [2.05, 4.69) is 5.10 Å². The lowest BCUT2D eigenvalue weighted by Gasteiger charge is -2.00. The molecule has 0 amide bonds. The number of aromatic nitrogens is 2. The Kier molecular flexibility index (Phi) is 2.05. The van der Waals surface area contributed by atoms with Gasteiger partial charge in [0.1, 0.15) is 5.69 Å². The molecule has 4 rings (SSSR count). The Labute approximate surface area is 114 Å². The number of ketones is 1. The summed E-state index contributed by atoms with van der Waals surface area (Å²) < 4.78 is 1.81. The summed E-state index contributed by atoms with van der Waals surface area (Å²) in [6.07, 6.45) is 0. The number of carbonyl (C=O) groups is 1. The number of hydrogen-bond donors (Lipinski definition) is 0. The second kappa shape index (κ2) is 3.65. The van der Waals surface area contributed by atoms with Gasteiger partial charge in [-0.15, -0.1) is 11.3 Å². The summed E-state index contributed by atoms with van der Waals surface area (Å²) in [4.78, 5) is 13.6. The van der Waals surface area contributed by atoms with E-state index in [1.807, 2.05) is 53.5 Å². The van der Waals surface area contributed by atoms with Crippen molar-refractivity contribution in [2.45, 2.75) is 0 Å². The van der Waals surface area contributed by atoms with Crippen molar-refractivity contribution in [1.82, 2.24) is 9.78 Å². The monoisotopic (exact) mass is 266 g/mol. The highest BCUT2D eigenvalue weighted by Gasteiger charge is 2.33. The predicted octanol–water partition coefficient (Wildman–Crippen LogP) is 3.36. The fourth-order valence-electron chi connectivity index (χ4n) is 2.66. The Hall–Kier alpha value is -2.20. The van der Waals surface area contributed by atoms with Crippen LogP contribution in [0.1, 0.15) is 15.9 Å². The normalized spacial score (nSPS) is 12.6. The molecule has 2 aromatic heterocycles. The lowest BCUT2D eigenvalue weighted by molar-refractivity contribution is 0.104. The molecule has 0 spiro atoms. The van der Waals surface area contributed by atoms with E-state index in [0.717, 1.165) is 33.0 Å². The molecular weight excluding hydrogens is 256 g/mol. The van der Waals surface area contributed by atoms with Crippen molar-refractivity contribution in [2.75, 3.05) is 0 Å². The van der Waals surface area contributed by atoms with Gasteiger partial charge in [-0.1, -0.05) is 30.3 Å². The van der Waals surface area contributed by atoms with Crippen molar-refractivity contribution in [2.24, 2.45) is 7.05 Å². The van der Waals surface area contributed by atoms with Gasteiger partial charge in [0.15, 0.2) is 5.78 Å². The lowest BCUT2D eigenvalue weighted by Crippen LogP contribution is -1.97. The van der Waals surface area contributed by atoms with Gasteiger partial charge in [-0.25, -0.2) is 0 Å². The average Bonchev–Trinajstić information content (AvgIpc) is 3.09. The summed E-state index contributed by atoms with van der Waals surface area (Å²) in [5.74, 6) is 0.0853. The minimum Gasteiger partial charge on any atom is -0.288 e. The predicted molar refractivity (Wildman–Crippen MR) is 75.4 cm³/mol. The summed E-state index contributed by atoms with van der Waals surface area (Å²) >= 11 is 1.61. The van der Waals surface area contributed by atoms with E-state index in [4.69, 9.17) is 0 Å². The smallest absolute Gasteiger partial charge is 0.198 e. The largest absolute Gasteiger partial charge is 0.288 e. The third-order valence-electron chi connectivity index (χ3n) is 3.46. The third kappa shape index (κ3) is 1.32. The van der Waals surface area contributed by atoms with Crippen molar-refractivity contribution < 1.29 is 4.79 Å². The summed E-state index contributed by atoms with van der Waals surface area (Å²) in [5, 5.41) is 6.53. The van der Waals surface area contributed by atoms with Crippen LogP contribution in [-0.4, -0.2) is 15.6 Å². The van der Waals surface area contributed by atoms with Gasteiger partial charge in [0.05, 0.1) is 16.1 Å².